The summed E-state index contributed by atoms with van der Waals surface area (Å²) in [5, 5.41) is 23.0. The maximum atomic E-state index is 11.1. The van der Waals surface area contributed by atoms with Crippen molar-refractivity contribution in [2.45, 2.75) is 26.3 Å². The molecule has 0 atom stereocenters. The highest BCUT2D eigenvalue weighted by Crippen LogP contribution is 2.26. The van der Waals surface area contributed by atoms with Crippen molar-refractivity contribution in [3.05, 3.63) is 69.3 Å². The van der Waals surface area contributed by atoms with E-state index < -0.39 is 10.9 Å². The average molecular weight is 314 g/mol. The van der Waals surface area contributed by atoms with E-state index >= 15 is 0 Å². The van der Waals surface area contributed by atoms with Gasteiger partial charge in [-0.3, -0.25) is 10.1 Å². The molecule has 0 unspecified atom stereocenters. The number of rotatable bonds is 6. The maximum absolute atomic E-state index is 11.1. The van der Waals surface area contributed by atoms with Crippen LogP contribution in [0.1, 0.15) is 41.3 Å². The minimum Gasteiger partial charge on any atom is -0.478 e. The quantitative estimate of drug-likeness (QED) is 0.620. The normalized spacial score (nSPS) is 10.6. The van der Waals surface area contributed by atoms with Crippen LogP contribution in [-0.4, -0.2) is 16.0 Å². The molecule has 2 N–H and O–H groups in total. The first-order valence-corrected chi connectivity index (χ1v) is 7.23. The SMILES string of the molecule is CC(C)c1ccc(CNc2ccc(C(=O)O)cc2[N+](=O)[O-])cc1. The molecule has 0 aliphatic heterocycles. The first-order chi connectivity index (χ1) is 10.9. The number of carboxylic acids is 1. The van der Waals surface area contributed by atoms with Gasteiger partial charge in [0.15, 0.2) is 0 Å². The molecule has 0 spiro atoms. The minimum atomic E-state index is -1.19. The topological polar surface area (TPSA) is 92.5 Å². The Balaban J connectivity index is 2.16. The van der Waals surface area contributed by atoms with Crippen LogP contribution in [0, 0.1) is 10.1 Å². The summed E-state index contributed by atoms with van der Waals surface area (Å²) in [6, 6.07) is 11.8. The number of benzene rings is 2. The number of aromatic carboxylic acids is 1. The highest BCUT2D eigenvalue weighted by atomic mass is 16.6. The molecule has 2 aromatic rings. The Morgan fingerprint density at radius 3 is 2.39 bits per heavy atom. The van der Waals surface area contributed by atoms with Crippen LogP contribution in [0.4, 0.5) is 11.4 Å². The number of nitrogens with zero attached hydrogens (tertiary/aromatic N) is 1. The number of carbonyl (C=O) groups is 1. The first kappa shape index (κ1) is 16.5. The molecule has 0 aliphatic rings. The molecule has 0 bridgehead atoms. The molecule has 0 radical (unpaired) electrons. The van der Waals surface area contributed by atoms with Gasteiger partial charge in [-0.25, -0.2) is 4.79 Å². The molecule has 6 nitrogen and oxygen atoms in total. The van der Waals surface area contributed by atoms with Crippen molar-refractivity contribution in [3.63, 3.8) is 0 Å². The van der Waals surface area contributed by atoms with Gasteiger partial charge in [-0.15, -0.1) is 0 Å². The second kappa shape index (κ2) is 6.91. The largest absolute Gasteiger partial charge is 0.478 e. The van der Waals surface area contributed by atoms with E-state index in [2.05, 4.69) is 19.2 Å². The molecule has 0 heterocycles. The maximum Gasteiger partial charge on any atom is 0.335 e. The summed E-state index contributed by atoms with van der Waals surface area (Å²) in [5.41, 5.74) is 2.16. The average Bonchev–Trinajstić information content (AvgIpc) is 2.52. The Kier molecular flexibility index (Phi) is 4.95. The lowest BCUT2D eigenvalue weighted by atomic mass is 10.0. The molecule has 2 rings (SSSR count). The zero-order valence-corrected chi connectivity index (χ0v) is 12.9. The van der Waals surface area contributed by atoms with Crippen LogP contribution >= 0.6 is 0 Å². The summed E-state index contributed by atoms with van der Waals surface area (Å²) >= 11 is 0. The lowest BCUT2D eigenvalue weighted by Gasteiger charge is -2.10. The third-order valence-corrected chi connectivity index (χ3v) is 3.57. The number of carboxylic acid groups (broad SMARTS) is 1. The van der Waals surface area contributed by atoms with Gasteiger partial charge in [0, 0.05) is 12.6 Å². The van der Waals surface area contributed by atoms with Crippen LogP contribution < -0.4 is 5.32 Å². The fraction of sp³-hybridized carbons (Fsp3) is 0.235. The lowest BCUT2D eigenvalue weighted by molar-refractivity contribution is -0.384. The molecule has 0 aliphatic carbocycles. The molecule has 0 aromatic heterocycles. The second-order valence-electron chi connectivity index (χ2n) is 5.54. The zero-order chi connectivity index (χ0) is 17.0. The number of nitro groups is 1. The monoisotopic (exact) mass is 314 g/mol. The molecule has 0 amide bonds. The van der Waals surface area contributed by atoms with E-state index in [1.807, 2.05) is 24.3 Å². The number of hydrogen-bond acceptors (Lipinski definition) is 4. The third-order valence-electron chi connectivity index (χ3n) is 3.57. The van der Waals surface area contributed by atoms with E-state index in [0.29, 0.717) is 18.2 Å². The van der Waals surface area contributed by atoms with Crippen LogP contribution in [-0.2, 0) is 6.54 Å². The van der Waals surface area contributed by atoms with Crippen molar-refractivity contribution < 1.29 is 14.8 Å². The molecule has 0 fully saturated rings. The summed E-state index contributed by atoms with van der Waals surface area (Å²) in [7, 11) is 0. The molecule has 120 valence electrons. The summed E-state index contributed by atoms with van der Waals surface area (Å²) < 4.78 is 0. The predicted molar refractivity (Wildman–Crippen MR) is 87.9 cm³/mol. The van der Waals surface area contributed by atoms with Gasteiger partial charge in [0.1, 0.15) is 5.69 Å². The summed E-state index contributed by atoms with van der Waals surface area (Å²) in [4.78, 5) is 21.4. The van der Waals surface area contributed by atoms with Crippen molar-refractivity contribution in [1.82, 2.24) is 0 Å². The van der Waals surface area contributed by atoms with Crippen LogP contribution in [0.15, 0.2) is 42.5 Å². The number of anilines is 1. The van der Waals surface area contributed by atoms with Crippen molar-refractivity contribution in [2.24, 2.45) is 0 Å². The highest BCUT2D eigenvalue weighted by Gasteiger charge is 2.17. The molecular weight excluding hydrogens is 296 g/mol. The van der Waals surface area contributed by atoms with E-state index in [9.17, 15) is 14.9 Å². The van der Waals surface area contributed by atoms with Gasteiger partial charge in [-0.2, -0.15) is 0 Å². The second-order valence-corrected chi connectivity index (χ2v) is 5.54. The van der Waals surface area contributed by atoms with Crippen molar-refractivity contribution in [1.29, 1.82) is 0 Å². The Hall–Kier alpha value is -2.89. The smallest absolute Gasteiger partial charge is 0.335 e. The molecule has 2 aromatic carbocycles. The Morgan fingerprint density at radius 2 is 1.87 bits per heavy atom. The van der Waals surface area contributed by atoms with E-state index in [0.717, 1.165) is 11.6 Å². The van der Waals surface area contributed by atoms with Crippen LogP contribution in [0.3, 0.4) is 0 Å². The van der Waals surface area contributed by atoms with Gasteiger partial charge in [-0.05, 0) is 29.2 Å². The fourth-order valence-electron chi connectivity index (χ4n) is 2.18. The van der Waals surface area contributed by atoms with Crippen LogP contribution in [0.25, 0.3) is 0 Å². The third kappa shape index (κ3) is 4.06. The number of nitrogens with one attached hydrogen (secondary N) is 1. The molecule has 6 heteroatoms. The molecular formula is C17H18N2O4. The summed E-state index contributed by atoms with van der Waals surface area (Å²) in [5.74, 6) is -0.745. The van der Waals surface area contributed by atoms with Gasteiger partial charge >= 0.3 is 5.97 Å². The van der Waals surface area contributed by atoms with Crippen molar-refractivity contribution >= 4 is 17.3 Å². The van der Waals surface area contributed by atoms with Gasteiger partial charge < -0.3 is 10.4 Å². The van der Waals surface area contributed by atoms with Crippen LogP contribution in [0.5, 0.6) is 0 Å². The van der Waals surface area contributed by atoms with E-state index in [-0.39, 0.29) is 11.3 Å². The Bertz CT molecular complexity index is 724. The molecule has 0 saturated heterocycles. The lowest BCUT2D eigenvalue weighted by Crippen LogP contribution is -2.05. The van der Waals surface area contributed by atoms with Crippen LogP contribution in [0.2, 0.25) is 0 Å². The highest BCUT2D eigenvalue weighted by molar-refractivity contribution is 5.89. The van der Waals surface area contributed by atoms with Crippen molar-refractivity contribution in [2.75, 3.05) is 5.32 Å². The standard InChI is InChI=1S/C17H18N2O4/c1-11(2)13-5-3-12(4-6-13)10-18-15-8-7-14(17(20)21)9-16(15)19(22)23/h3-9,11,18H,10H2,1-2H3,(H,20,21). The van der Waals surface area contributed by atoms with Gasteiger partial charge in [0.05, 0.1) is 10.5 Å². The van der Waals surface area contributed by atoms with E-state index in [4.69, 9.17) is 5.11 Å². The number of hydrogen-bond donors (Lipinski definition) is 2. The Labute approximate surface area is 133 Å². The minimum absolute atomic E-state index is 0.108. The molecule has 23 heavy (non-hydrogen) atoms. The molecule has 0 saturated carbocycles. The summed E-state index contributed by atoms with van der Waals surface area (Å²) in [6.45, 7) is 4.65. The fourth-order valence-corrected chi connectivity index (χ4v) is 2.18. The summed E-state index contributed by atoms with van der Waals surface area (Å²) in [6.07, 6.45) is 0. The van der Waals surface area contributed by atoms with Crippen molar-refractivity contribution in [3.8, 4) is 0 Å². The van der Waals surface area contributed by atoms with Gasteiger partial charge in [0.25, 0.3) is 5.69 Å². The van der Waals surface area contributed by atoms with Gasteiger partial charge in [0.2, 0.25) is 0 Å². The number of nitro benzene ring substituents is 1. The Morgan fingerprint density at radius 1 is 1.22 bits per heavy atom. The first-order valence-electron chi connectivity index (χ1n) is 7.23. The predicted octanol–water partition coefficient (Wildman–Crippen LogP) is 4.03. The van der Waals surface area contributed by atoms with E-state index in [1.54, 1.807) is 0 Å². The van der Waals surface area contributed by atoms with Gasteiger partial charge in [-0.1, -0.05) is 38.1 Å². The zero-order valence-electron chi connectivity index (χ0n) is 12.9. The van der Waals surface area contributed by atoms with E-state index in [1.165, 1.54) is 17.7 Å².